The summed E-state index contributed by atoms with van der Waals surface area (Å²) in [5.74, 6) is 0. The smallest absolute Gasteiger partial charge is 0.143 e. The van der Waals surface area contributed by atoms with E-state index in [1.807, 2.05) is 11.3 Å². The lowest BCUT2D eigenvalue weighted by Crippen LogP contribution is -2.10. The number of rotatable bonds is 4. The number of hydrogen-bond donors (Lipinski definition) is 0. The highest BCUT2D eigenvalue weighted by Gasteiger charge is 2.19. The van der Waals surface area contributed by atoms with Crippen molar-refractivity contribution in [2.24, 2.45) is 0 Å². The molecule has 0 unspecified atom stereocenters. The van der Waals surface area contributed by atoms with Crippen LogP contribution in [0.15, 0.2) is 156 Å². The first kappa shape index (κ1) is 24.2. The van der Waals surface area contributed by atoms with Gasteiger partial charge in [0, 0.05) is 53.3 Å². The highest BCUT2D eigenvalue weighted by molar-refractivity contribution is 7.26. The van der Waals surface area contributed by atoms with Gasteiger partial charge in [-0.05, 0) is 59.5 Å². The Labute approximate surface area is 252 Å². The third-order valence-electron chi connectivity index (χ3n) is 8.46. The first-order valence-electron chi connectivity index (χ1n) is 14.5. The molecular formula is C40H25NOS. The Morgan fingerprint density at radius 2 is 1.12 bits per heavy atom. The van der Waals surface area contributed by atoms with Crippen molar-refractivity contribution >= 4 is 81.3 Å². The van der Waals surface area contributed by atoms with Gasteiger partial charge >= 0.3 is 0 Å². The second-order valence-electron chi connectivity index (χ2n) is 10.9. The average molecular weight is 568 g/mol. The summed E-state index contributed by atoms with van der Waals surface area (Å²) in [6, 6.07) is 54.1. The van der Waals surface area contributed by atoms with E-state index < -0.39 is 0 Å². The molecule has 2 aromatic heterocycles. The molecule has 2 heterocycles. The van der Waals surface area contributed by atoms with Crippen molar-refractivity contribution in [3.8, 4) is 11.1 Å². The fourth-order valence-electron chi connectivity index (χ4n) is 6.49. The maximum Gasteiger partial charge on any atom is 0.143 e. The molecule has 3 heteroatoms. The van der Waals surface area contributed by atoms with Gasteiger partial charge in [-0.3, -0.25) is 0 Å². The zero-order valence-electron chi connectivity index (χ0n) is 23.2. The normalized spacial score (nSPS) is 11.7. The molecule has 0 fully saturated rings. The predicted octanol–water partition coefficient (Wildman–Crippen LogP) is 12.2. The van der Waals surface area contributed by atoms with Crippen molar-refractivity contribution in [3.05, 3.63) is 152 Å². The molecule has 0 aliphatic rings. The summed E-state index contributed by atoms with van der Waals surface area (Å²) in [4.78, 5) is 2.37. The molecule has 0 amide bonds. The lowest BCUT2D eigenvalue weighted by Gasteiger charge is -2.26. The van der Waals surface area contributed by atoms with E-state index in [9.17, 15) is 0 Å². The molecule has 0 spiro atoms. The van der Waals surface area contributed by atoms with Crippen LogP contribution < -0.4 is 4.90 Å². The van der Waals surface area contributed by atoms with E-state index in [1.165, 1.54) is 31.2 Å². The van der Waals surface area contributed by atoms with Crippen molar-refractivity contribution < 1.29 is 4.42 Å². The van der Waals surface area contributed by atoms with Gasteiger partial charge in [-0.1, -0.05) is 103 Å². The Balaban J connectivity index is 1.21. The summed E-state index contributed by atoms with van der Waals surface area (Å²) in [7, 11) is 0. The van der Waals surface area contributed by atoms with Crippen molar-refractivity contribution in [1.29, 1.82) is 0 Å². The van der Waals surface area contributed by atoms with Crippen LogP contribution in [0.2, 0.25) is 0 Å². The van der Waals surface area contributed by atoms with Crippen LogP contribution in [0.1, 0.15) is 0 Å². The quantitative estimate of drug-likeness (QED) is 0.210. The maximum atomic E-state index is 6.64. The Bertz CT molecular complexity index is 2450. The lowest BCUT2D eigenvalue weighted by atomic mass is 10.0. The van der Waals surface area contributed by atoms with Crippen LogP contribution in [0.5, 0.6) is 0 Å². The Hall–Kier alpha value is -5.38. The molecule has 0 saturated carbocycles. The van der Waals surface area contributed by atoms with E-state index >= 15 is 0 Å². The van der Waals surface area contributed by atoms with Crippen LogP contribution in [0.4, 0.5) is 17.1 Å². The van der Waals surface area contributed by atoms with E-state index in [0.717, 1.165) is 49.8 Å². The van der Waals surface area contributed by atoms with Gasteiger partial charge in [0.1, 0.15) is 11.2 Å². The summed E-state index contributed by atoms with van der Waals surface area (Å²) in [5.41, 5.74) is 7.52. The SMILES string of the molecule is c1ccc(N(c2ccc(-c3cccc4c3oc3c5ccccc5ccc43)cc2)c2cccc3sc4ccccc4c23)cc1. The first-order chi connectivity index (χ1) is 21.3. The zero-order valence-corrected chi connectivity index (χ0v) is 24.0. The Kier molecular flexibility index (Phi) is 5.40. The number of benzene rings is 7. The molecule has 7 aromatic carbocycles. The van der Waals surface area contributed by atoms with Crippen LogP contribution in [0, 0.1) is 0 Å². The highest BCUT2D eigenvalue weighted by atomic mass is 32.1. The molecule has 0 N–H and O–H groups in total. The topological polar surface area (TPSA) is 16.4 Å². The number of hydrogen-bond acceptors (Lipinski definition) is 3. The van der Waals surface area contributed by atoms with Gasteiger partial charge in [0.05, 0.1) is 5.69 Å². The third kappa shape index (κ3) is 3.79. The molecule has 0 radical (unpaired) electrons. The fourth-order valence-corrected chi connectivity index (χ4v) is 7.62. The van der Waals surface area contributed by atoms with E-state index in [-0.39, 0.29) is 0 Å². The summed E-state index contributed by atoms with van der Waals surface area (Å²) in [6.07, 6.45) is 0. The van der Waals surface area contributed by atoms with Gasteiger partial charge < -0.3 is 9.32 Å². The van der Waals surface area contributed by atoms with Gasteiger partial charge in [-0.25, -0.2) is 0 Å². The van der Waals surface area contributed by atoms with E-state index in [2.05, 4.69) is 157 Å². The van der Waals surface area contributed by atoms with Crippen LogP contribution in [-0.2, 0) is 0 Å². The number of fused-ring (bicyclic) bond motifs is 8. The molecule has 0 bridgehead atoms. The van der Waals surface area contributed by atoms with Crippen molar-refractivity contribution in [2.45, 2.75) is 0 Å². The predicted molar refractivity (Wildman–Crippen MR) is 184 cm³/mol. The molecule has 202 valence electrons. The van der Waals surface area contributed by atoms with E-state index in [0.29, 0.717) is 0 Å². The number of anilines is 3. The first-order valence-corrected chi connectivity index (χ1v) is 15.3. The van der Waals surface area contributed by atoms with Crippen LogP contribution >= 0.6 is 11.3 Å². The van der Waals surface area contributed by atoms with Gasteiger partial charge in [0.2, 0.25) is 0 Å². The second-order valence-corrected chi connectivity index (χ2v) is 12.0. The fraction of sp³-hybridized carbons (Fsp3) is 0. The van der Waals surface area contributed by atoms with Crippen molar-refractivity contribution in [1.82, 2.24) is 0 Å². The number of para-hydroxylation sites is 2. The van der Waals surface area contributed by atoms with E-state index in [1.54, 1.807) is 0 Å². The number of nitrogens with zero attached hydrogens (tertiary/aromatic N) is 1. The minimum absolute atomic E-state index is 0.927. The van der Waals surface area contributed by atoms with Gasteiger partial charge in [0.15, 0.2) is 0 Å². The van der Waals surface area contributed by atoms with E-state index in [4.69, 9.17) is 4.42 Å². The molecule has 0 aliphatic carbocycles. The molecule has 2 nitrogen and oxygen atoms in total. The summed E-state index contributed by atoms with van der Waals surface area (Å²) >= 11 is 1.85. The lowest BCUT2D eigenvalue weighted by molar-refractivity contribution is 0.674. The Morgan fingerprint density at radius 3 is 2.00 bits per heavy atom. The number of furan rings is 1. The van der Waals surface area contributed by atoms with Gasteiger partial charge in [-0.2, -0.15) is 0 Å². The highest BCUT2D eigenvalue weighted by Crippen LogP contribution is 2.45. The summed E-state index contributed by atoms with van der Waals surface area (Å²) in [5, 5.41) is 7.21. The Morgan fingerprint density at radius 1 is 0.442 bits per heavy atom. The zero-order chi connectivity index (χ0) is 28.3. The molecule has 9 aromatic rings. The molecule has 9 rings (SSSR count). The van der Waals surface area contributed by atoms with Crippen LogP contribution in [-0.4, -0.2) is 0 Å². The summed E-state index contributed by atoms with van der Waals surface area (Å²) < 4.78 is 9.24. The minimum Gasteiger partial charge on any atom is -0.455 e. The standard InChI is InChI=1S/C40H25NOS/c1-2-11-28(12-3-1)41(35-17-9-19-37-38(35)34-14-6-7-18-36(34)43-37)29-23-20-27(21-24-29)31-15-8-16-32-33-25-22-26-10-4-5-13-30(26)40(33)42-39(31)32/h1-25H. The van der Waals surface area contributed by atoms with Crippen LogP contribution in [0.25, 0.3) is 64.0 Å². The molecule has 0 atom stereocenters. The maximum absolute atomic E-state index is 6.64. The molecule has 0 saturated heterocycles. The van der Waals surface area contributed by atoms with Crippen molar-refractivity contribution in [2.75, 3.05) is 4.90 Å². The monoisotopic (exact) mass is 567 g/mol. The van der Waals surface area contributed by atoms with Gasteiger partial charge in [-0.15, -0.1) is 11.3 Å². The third-order valence-corrected chi connectivity index (χ3v) is 9.60. The largest absolute Gasteiger partial charge is 0.455 e. The minimum atomic E-state index is 0.927. The molecule has 43 heavy (non-hydrogen) atoms. The molecule has 0 aliphatic heterocycles. The second kappa shape index (κ2) is 9.59. The number of thiophene rings is 1. The van der Waals surface area contributed by atoms with Gasteiger partial charge in [0.25, 0.3) is 0 Å². The molecular weight excluding hydrogens is 543 g/mol. The van der Waals surface area contributed by atoms with Crippen molar-refractivity contribution in [3.63, 3.8) is 0 Å². The average Bonchev–Trinajstić information content (AvgIpc) is 3.65. The summed E-state index contributed by atoms with van der Waals surface area (Å²) in [6.45, 7) is 0. The van der Waals surface area contributed by atoms with Crippen LogP contribution in [0.3, 0.4) is 0 Å².